The summed E-state index contributed by atoms with van der Waals surface area (Å²) in [6.07, 6.45) is 38.0. The van der Waals surface area contributed by atoms with Gasteiger partial charge in [-0.05, 0) is 111 Å². The molecule has 0 heterocycles. The van der Waals surface area contributed by atoms with Crippen molar-refractivity contribution in [3.63, 3.8) is 0 Å². The van der Waals surface area contributed by atoms with Crippen molar-refractivity contribution in [3.8, 4) is 12.3 Å². The number of thiol groups is 1. The summed E-state index contributed by atoms with van der Waals surface area (Å²) in [6, 6.07) is 0. The fourth-order valence-electron chi connectivity index (χ4n) is 4.32. The Bertz CT molecular complexity index is 986. The largest absolute Gasteiger partial charge is 0.275 e. The fraction of sp³-hybridized carbons (Fsp3) is 0.500. The monoisotopic (exact) mass is 492 g/mol. The van der Waals surface area contributed by atoms with E-state index in [0.29, 0.717) is 17.8 Å². The lowest BCUT2D eigenvalue weighted by Gasteiger charge is -2.49. The second-order valence-corrected chi connectivity index (χ2v) is 20.0. The first kappa shape index (κ1) is 30.9. The second kappa shape index (κ2) is 13.8. The maximum atomic E-state index is 5.60. The Morgan fingerprint density at radius 1 is 1.09 bits per heavy atom. The van der Waals surface area contributed by atoms with Gasteiger partial charge in [0.05, 0.1) is 0 Å². The summed E-state index contributed by atoms with van der Waals surface area (Å²) in [5.74, 6) is 4.21. The molecule has 0 bridgehead atoms. The van der Waals surface area contributed by atoms with E-state index >= 15 is 0 Å². The quantitative estimate of drug-likeness (QED) is 0.112. The summed E-state index contributed by atoms with van der Waals surface area (Å²) in [7, 11) is -1.70. The molecular weight excluding hydrogens is 440 g/mol. The summed E-state index contributed by atoms with van der Waals surface area (Å²) < 4.78 is 0. The van der Waals surface area contributed by atoms with E-state index in [0.717, 1.165) is 32.1 Å². The van der Waals surface area contributed by atoms with Crippen molar-refractivity contribution < 1.29 is 0 Å². The first-order valence-corrected chi connectivity index (χ1v) is 17.3. The van der Waals surface area contributed by atoms with Crippen LogP contribution in [0.2, 0.25) is 0 Å². The molecule has 0 N–H and O–H groups in total. The van der Waals surface area contributed by atoms with Gasteiger partial charge < -0.3 is 0 Å². The van der Waals surface area contributed by atoms with Crippen LogP contribution in [0.3, 0.4) is 0 Å². The summed E-state index contributed by atoms with van der Waals surface area (Å²) in [6.45, 7) is 15.7. The van der Waals surface area contributed by atoms with Gasteiger partial charge in [0.1, 0.15) is 0 Å². The molecule has 1 aliphatic rings. The molecule has 0 saturated carbocycles. The van der Waals surface area contributed by atoms with Crippen LogP contribution in [-0.4, -0.2) is 25.0 Å². The van der Waals surface area contributed by atoms with Crippen LogP contribution < -0.4 is 0 Å². The molecule has 0 aromatic rings. The van der Waals surface area contributed by atoms with Gasteiger partial charge in [-0.25, -0.2) is 0 Å². The van der Waals surface area contributed by atoms with E-state index in [1.807, 2.05) is 6.08 Å². The Morgan fingerprint density at radius 2 is 1.69 bits per heavy atom. The minimum absolute atomic E-state index is 0.479. The zero-order chi connectivity index (χ0) is 26.7. The van der Waals surface area contributed by atoms with Gasteiger partial charge in [-0.3, -0.25) is 9.16 Å². The van der Waals surface area contributed by atoms with Gasteiger partial charge in [-0.2, -0.15) is 0 Å². The molecule has 1 heteroatoms. The van der Waals surface area contributed by atoms with Crippen LogP contribution in [0.15, 0.2) is 88.1 Å². The fourth-order valence-corrected chi connectivity index (χ4v) is 5.33. The van der Waals surface area contributed by atoms with Gasteiger partial charge >= 0.3 is 0 Å². The molecular formula is C34H52S. The van der Waals surface area contributed by atoms with Gasteiger partial charge in [-0.15, -0.1) is 12.2 Å². The number of rotatable bonds is 13. The zero-order valence-electron chi connectivity index (χ0n) is 24.1. The number of hydrogen-bond donors (Lipinski definition) is 1. The minimum Gasteiger partial charge on any atom is -0.275 e. The zero-order valence-corrected chi connectivity index (χ0v) is 25.0. The first-order chi connectivity index (χ1) is 16.3. The smallest absolute Gasteiger partial charge is 0.0124 e. The highest BCUT2D eigenvalue weighted by Gasteiger charge is 2.23. The Labute approximate surface area is 218 Å². The standard InChI is InChI=1S/C34H52S/c1-12-18-34(27(3)4)33(13-2)30(7)28(5)19-15-14-16-20-31-21-17-22-32(26-25-31)24-23-29(6)35(8,9,10)11/h1,14-15,18-19,21-22,25-27,30,33,35H,6,13,16,20,23-24H2,2-5,7-11H3/b15-14-,28-19+,34-18-. The number of terminal acetylenes is 1. The summed E-state index contributed by atoms with van der Waals surface area (Å²) in [4.78, 5) is 1.42. The van der Waals surface area contributed by atoms with Crippen LogP contribution in [0.1, 0.15) is 66.7 Å². The van der Waals surface area contributed by atoms with Crippen LogP contribution in [0.4, 0.5) is 0 Å². The third-order valence-corrected chi connectivity index (χ3v) is 9.97. The maximum Gasteiger partial charge on any atom is -0.0124 e. The first-order valence-electron chi connectivity index (χ1n) is 13.3. The number of hydrogen-bond acceptors (Lipinski definition) is 0. The normalized spacial score (nSPS) is 17.9. The van der Waals surface area contributed by atoms with Gasteiger partial charge in [-0.1, -0.05) is 86.6 Å². The van der Waals surface area contributed by atoms with Gasteiger partial charge in [0.25, 0.3) is 0 Å². The molecule has 0 nitrogen and oxygen atoms in total. The molecule has 0 amide bonds. The van der Waals surface area contributed by atoms with Crippen molar-refractivity contribution in [2.45, 2.75) is 66.7 Å². The molecule has 35 heavy (non-hydrogen) atoms. The van der Waals surface area contributed by atoms with E-state index < -0.39 is 9.16 Å². The highest BCUT2D eigenvalue weighted by molar-refractivity contribution is 8.50. The average molecular weight is 493 g/mol. The molecule has 0 radical (unpaired) electrons. The highest BCUT2D eigenvalue weighted by Crippen LogP contribution is 2.63. The molecule has 0 aromatic heterocycles. The molecule has 0 fully saturated rings. The van der Waals surface area contributed by atoms with Crippen molar-refractivity contribution in [1.29, 1.82) is 0 Å². The second-order valence-electron chi connectivity index (χ2n) is 12.2. The van der Waals surface area contributed by atoms with Gasteiger partial charge in [0.15, 0.2) is 0 Å². The van der Waals surface area contributed by atoms with E-state index in [1.165, 1.54) is 27.2 Å². The van der Waals surface area contributed by atoms with Gasteiger partial charge in [0.2, 0.25) is 0 Å². The van der Waals surface area contributed by atoms with Crippen LogP contribution >= 0.6 is 9.16 Å². The van der Waals surface area contributed by atoms with Crippen molar-refractivity contribution in [2.75, 3.05) is 25.0 Å². The molecule has 2 unspecified atom stereocenters. The van der Waals surface area contributed by atoms with E-state index in [1.54, 1.807) is 0 Å². The molecule has 0 aromatic carbocycles. The Kier molecular flexibility index (Phi) is 12.2. The van der Waals surface area contributed by atoms with Crippen molar-refractivity contribution in [1.82, 2.24) is 0 Å². The average Bonchev–Trinajstić information content (AvgIpc) is 3.00. The minimum atomic E-state index is -1.70. The highest BCUT2D eigenvalue weighted by atomic mass is 32.3. The van der Waals surface area contributed by atoms with E-state index in [4.69, 9.17) is 6.42 Å². The lowest BCUT2D eigenvalue weighted by molar-refractivity contribution is 0.418. The Balaban J connectivity index is 2.69. The van der Waals surface area contributed by atoms with E-state index in [-0.39, 0.29) is 0 Å². The summed E-state index contributed by atoms with van der Waals surface area (Å²) in [5.41, 5.74) is 8.86. The summed E-state index contributed by atoms with van der Waals surface area (Å²) >= 11 is 0. The topological polar surface area (TPSA) is 0 Å². The molecule has 1 aliphatic carbocycles. The van der Waals surface area contributed by atoms with Crippen molar-refractivity contribution in [3.05, 3.63) is 88.1 Å². The SMILES string of the molecule is C#C/C=C(/C(C)C)C(CC)C(C)/C(C)=C/C=C\CCC1=CC=C(CCC(=C)[SH](C)(C)(C)C)C=C=C1. The third kappa shape index (κ3) is 11.0. The predicted octanol–water partition coefficient (Wildman–Crippen LogP) is 9.61. The summed E-state index contributed by atoms with van der Waals surface area (Å²) in [5, 5.41) is 0. The van der Waals surface area contributed by atoms with Crippen LogP contribution in [-0.2, 0) is 0 Å². The van der Waals surface area contributed by atoms with Crippen molar-refractivity contribution in [2.24, 2.45) is 17.8 Å². The molecule has 1 rings (SSSR count). The Morgan fingerprint density at radius 3 is 2.20 bits per heavy atom. The Hall–Kier alpha value is -2.13. The van der Waals surface area contributed by atoms with Crippen LogP contribution in [0, 0.1) is 30.1 Å². The van der Waals surface area contributed by atoms with E-state index in [9.17, 15) is 0 Å². The lowest BCUT2D eigenvalue weighted by atomic mass is 9.77. The molecule has 2 atom stereocenters. The molecule has 0 saturated heterocycles. The van der Waals surface area contributed by atoms with Crippen LogP contribution in [0.5, 0.6) is 0 Å². The molecule has 0 aliphatic heterocycles. The van der Waals surface area contributed by atoms with Crippen LogP contribution in [0.25, 0.3) is 0 Å². The number of allylic oxidation sites excluding steroid dienone is 12. The molecule has 0 spiro atoms. The van der Waals surface area contributed by atoms with E-state index in [2.05, 4.69) is 120 Å². The van der Waals surface area contributed by atoms with Gasteiger partial charge in [0, 0.05) is 0 Å². The molecule has 194 valence electrons. The lowest BCUT2D eigenvalue weighted by Crippen LogP contribution is -2.18. The van der Waals surface area contributed by atoms with Crippen molar-refractivity contribution >= 4 is 9.16 Å². The predicted molar refractivity (Wildman–Crippen MR) is 167 cm³/mol. The maximum absolute atomic E-state index is 5.60. The third-order valence-electron chi connectivity index (χ3n) is 7.22.